The van der Waals surface area contributed by atoms with Crippen LogP contribution in [0.5, 0.6) is 0 Å². The molecule has 0 saturated heterocycles. The molecule has 0 aliphatic heterocycles. The van der Waals surface area contributed by atoms with Crippen LogP contribution in [0.3, 0.4) is 0 Å². The zero-order chi connectivity index (χ0) is 14.8. The molecular weight excluding hydrogens is 269 g/mol. The molecule has 1 saturated carbocycles. The summed E-state index contributed by atoms with van der Waals surface area (Å²) in [6.07, 6.45) is -1.32. The van der Waals surface area contributed by atoms with E-state index in [9.17, 15) is 13.2 Å². The van der Waals surface area contributed by atoms with Crippen molar-refractivity contribution in [1.82, 2.24) is 0 Å². The summed E-state index contributed by atoms with van der Waals surface area (Å²) in [6.45, 7) is 1.34. The Kier molecular flexibility index (Phi) is 4.13. The highest BCUT2D eigenvalue weighted by Crippen LogP contribution is 2.48. The largest absolute Gasteiger partial charge is 0.418 e. The summed E-state index contributed by atoms with van der Waals surface area (Å²) in [5.41, 5.74) is 4.97. The number of ether oxygens (including phenoxy) is 1. The summed E-state index contributed by atoms with van der Waals surface area (Å²) in [4.78, 5) is 0. The molecule has 1 aromatic carbocycles. The first-order valence-electron chi connectivity index (χ1n) is 6.56. The van der Waals surface area contributed by atoms with Crippen LogP contribution in [0, 0.1) is 5.41 Å². The minimum Gasteiger partial charge on any atom is -0.398 e. The Labute approximate surface area is 116 Å². The lowest BCUT2D eigenvalue weighted by atomic mass is 10.0. The van der Waals surface area contributed by atoms with Crippen molar-refractivity contribution in [3.63, 3.8) is 0 Å². The van der Waals surface area contributed by atoms with Gasteiger partial charge < -0.3 is 15.8 Å². The van der Waals surface area contributed by atoms with E-state index in [4.69, 9.17) is 10.5 Å². The highest BCUT2D eigenvalue weighted by Gasteiger charge is 2.41. The van der Waals surface area contributed by atoms with Gasteiger partial charge in [0.15, 0.2) is 0 Å². The van der Waals surface area contributed by atoms with E-state index < -0.39 is 11.7 Å². The maximum atomic E-state index is 12.8. The van der Waals surface area contributed by atoms with Gasteiger partial charge in [-0.05, 0) is 42.9 Å². The molecule has 1 fully saturated rings. The Morgan fingerprint density at radius 3 is 2.60 bits per heavy atom. The van der Waals surface area contributed by atoms with Gasteiger partial charge >= 0.3 is 6.18 Å². The second-order valence-electron chi connectivity index (χ2n) is 5.40. The fourth-order valence-electron chi connectivity index (χ4n) is 2.21. The van der Waals surface area contributed by atoms with Gasteiger partial charge in [-0.1, -0.05) is 0 Å². The van der Waals surface area contributed by atoms with Crippen LogP contribution in [-0.2, 0) is 10.9 Å². The summed E-state index contributed by atoms with van der Waals surface area (Å²) in [5, 5.41) is 3.08. The van der Waals surface area contributed by atoms with Crippen molar-refractivity contribution in [2.45, 2.75) is 25.4 Å². The monoisotopic (exact) mass is 288 g/mol. The van der Waals surface area contributed by atoms with E-state index in [1.54, 1.807) is 13.2 Å². The van der Waals surface area contributed by atoms with E-state index in [1.807, 2.05) is 0 Å². The van der Waals surface area contributed by atoms with Gasteiger partial charge in [0.05, 0.1) is 5.56 Å². The molecule has 0 atom stereocenters. The standard InChI is InChI=1S/C14H19F3N2O/c1-20-7-6-13(4-5-13)9-19-10-2-3-12(18)11(8-10)14(15,16)17/h2-3,8,19H,4-7,9,18H2,1H3. The average Bonchev–Trinajstić information content (AvgIpc) is 3.15. The van der Waals surface area contributed by atoms with Gasteiger partial charge in [0.1, 0.15) is 0 Å². The lowest BCUT2D eigenvalue weighted by molar-refractivity contribution is -0.136. The Balaban J connectivity index is 2.00. The second kappa shape index (κ2) is 5.52. The molecule has 2 rings (SSSR count). The Morgan fingerprint density at radius 2 is 2.05 bits per heavy atom. The molecule has 0 heterocycles. The molecule has 6 heteroatoms. The van der Waals surface area contributed by atoms with Crippen LogP contribution in [0.4, 0.5) is 24.5 Å². The van der Waals surface area contributed by atoms with Crippen molar-refractivity contribution < 1.29 is 17.9 Å². The van der Waals surface area contributed by atoms with Crippen LogP contribution in [0.25, 0.3) is 0 Å². The number of nitrogens with two attached hydrogens (primary N) is 1. The number of benzene rings is 1. The Morgan fingerprint density at radius 1 is 1.35 bits per heavy atom. The summed E-state index contributed by atoms with van der Waals surface area (Å²) < 4.78 is 43.3. The highest BCUT2D eigenvalue weighted by atomic mass is 19.4. The predicted molar refractivity (Wildman–Crippen MR) is 72.5 cm³/mol. The molecule has 0 bridgehead atoms. The highest BCUT2D eigenvalue weighted by molar-refractivity contribution is 5.58. The minimum atomic E-state index is -4.42. The van der Waals surface area contributed by atoms with Crippen molar-refractivity contribution in [2.75, 3.05) is 31.3 Å². The first kappa shape index (κ1) is 15.0. The molecule has 0 radical (unpaired) electrons. The molecule has 0 amide bonds. The number of nitrogens with one attached hydrogen (secondary N) is 1. The van der Waals surface area contributed by atoms with Crippen LogP contribution < -0.4 is 11.1 Å². The topological polar surface area (TPSA) is 47.3 Å². The van der Waals surface area contributed by atoms with E-state index >= 15 is 0 Å². The first-order chi connectivity index (χ1) is 9.36. The second-order valence-corrected chi connectivity index (χ2v) is 5.40. The third-order valence-corrected chi connectivity index (χ3v) is 3.82. The molecule has 112 valence electrons. The maximum absolute atomic E-state index is 12.8. The zero-order valence-corrected chi connectivity index (χ0v) is 11.4. The quantitative estimate of drug-likeness (QED) is 0.787. The average molecular weight is 288 g/mol. The Hall–Kier alpha value is -1.43. The number of methoxy groups -OCH3 is 1. The zero-order valence-electron chi connectivity index (χ0n) is 11.4. The van der Waals surface area contributed by atoms with E-state index in [1.165, 1.54) is 6.07 Å². The molecule has 1 aromatic rings. The molecule has 20 heavy (non-hydrogen) atoms. The molecular formula is C14H19F3N2O. The van der Waals surface area contributed by atoms with E-state index in [-0.39, 0.29) is 11.1 Å². The summed E-state index contributed by atoms with van der Waals surface area (Å²) in [6, 6.07) is 3.94. The first-order valence-corrected chi connectivity index (χ1v) is 6.56. The number of hydrogen-bond donors (Lipinski definition) is 2. The summed E-state index contributed by atoms with van der Waals surface area (Å²) in [7, 11) is 1.65. The molecule has 0 aromatic heterocycles. The smallest absolute Gasteiger partial charge is 0.398 e. The lowest BCUT2D eigenvalue weighted by Crippen LogP contribution is -2.18. The number of rotatable bonds is 6. The van der Waals surface area contributed by atoms with Crippen molar-refractivity contribution in [2.24, 2.45) is 5.41 Å². The number of hydrogen-bond acceptors (Lipinski definition) is 3. The number of halogens is 3. The van der Waals surface area contributed by atoms with Gasteiger partial charge in [0.2, 0.25) is 0 Å². The van der Waals surface area contributed by atoms with E-state index in [0.29, 0.717) is 18.8 Å². The van der Waals surface area contributed by atoms with Crippen molar-refractivity contribution in [3.8, 4) is 0 Å². The lowest BCUT2D eigenvalue weighted by Gasteiger charge is -2.18. The molecule has 0 unspecified atom stereocenters. The summed E-state index contributed by atoms with van der Waals surface area (Å²) in [5.74, 6) is 0. The van der Waals surface area contributed by atoms with Gasteiger partial charge in [-0.25, -0.2) is 0 Å². The fourth-order valence-corrected chi connectivity index (χ4v) is 2.21. The SMILES string of the molecule is COCCC1(CNc2ccc(N)c(C(F)(F)F)c2)CC1. The molecule has 0 spiro atoms. The fraction of sp³-hybridized carbons (Fsp3) is 0.571. The van der Waals surface area contributed by atoms with Crippen LogP contribution in [0.1, 0.15) is 24.8 Å². The molecule has 1 aliphatic carbocycles. The van der Waals surface area contributed by atoms with Gasteiger partial charge in [-0.3, -0.25) is 0 Å². The van der Waals surface area contributed by atoms with E-state index in [0.717, 1.165) is 25.3 Å². The van der Waals surface area contributed by atoms with Gasteiger partial charge in [0.25, 0.3) is 0 Å². The molecule has 3 N–H and O–H groups in total. The van der Waals surface area contributed by atoms with Crippen LogP contribution >= 0.6 is 0 Å². The van der Waals surface area contributed by atoms with Crippen molar-refractivity contribution in [3.05, 3.63) is 23.8 Å². The maximum Gasteiger partial charge on any atom is 0.418 e. The van der Waals surface area contributed by atoms with Gasteiger partial charge in [-0.2, -0.15) is 13.2 Å². The van der Waals surface area contributed by atoms with Gasteiger partial charge in [0, 0.05) is 31.6 Å². The molecule has 1 aliphatic rings. The number of anilines is 2. The predicted octanol–water partition coefficient (Wildman–Crippen LogP) is 3.52. The van der Waals surface area contributed by atoms with Crippen LogP contribution in [0.15, 0.2) is 18.2 Å². The van der Waals surface area contributed by atoms with Gasteiger partial charge in [-0.15, -0.1) is 0 Å². The van der Waals surface area contributed by atoms with Crippen molar-refractivity contribution in [1.29, 1.82) is 0 Å². The summed E-state index contributed by atoms with van der Waals surface area (Å²) >= 11 is 0. The number of nitrogen functional groups attached to an aromatic ring is 1. The third kappa shape index (κ3) is 3.56. The third-order valence-electron chi connectivity index (χ3n) is 3.82. The van der Waals surface area contributed by atoms with E-state index in [2.05, 4.69) is 5.32 Å². The number of alkyl halides is 3. The minimum absolute atomic E-state index is 0.176. The van der Waals surface area contributed by atoms with Crippen LogP contribution in [0.2, 0.25) is 0 Å². The normalized spacial score (nSPS) is 17.0. The molecule has 3 nitrogen and oxygen atoms in total. The van der Waals surface area contributed by atoms with Crippen molar-refractivity contribution >= 4 is 11.4 Å². The van der Waals surface area contributed by atoms with Crippen LogP contribution in [-0.4, -0.2) is 20.3 Å². The Bertz CT molecular complexity index is 470.